The van der Waals surface area contributed by atoms with Gasteiger partial charge < -0.3 is 0 Å². The second-order valence-corrected chi connectivity index (χ2v) is 5.65. The van der Waals surface area contributed by atoms with Gasteiger partial charge in [0.05, 0.1) is 0 Å². The van der Waals surface area contributed by atoms with E-state index in [1.54, 1.807) is 0 Å². The summed E-state index contributed by atoms with van der Waals surface area (Å²) < 4.78 is 0. The Bertz CT molecular complexity index is 112. The third-order valence-electron chi connectivity index (χ3n) is 1.40. The second kappa shape index (κ2) is 11.3. The molecule has 12 heavy (non-hydrogen) atoms. The summed E-state index contributed by atoms with van der Waals surface area (Å²) >= 11 is 0. The molecule has 0 radical (unpaired) electrons. The van der Waals surface area contributed by atoms with Crippen molar-refractivity contribution in [2.24, 2.45) is 0 Å². The van der Waals surface area contributed by atoms with Gasteiger partial charge >= 0.3 is 0 Å². The lowest BCUT2D eigenvalue weighted by atomic mass is 10.3. The van der Waals surface area contributed by atoms with Crippen molar-refractivity contribution in [1.29, 1.82) is 0 Å². The van der Waals surface area contributed by atoms with Crippen LogP contribution >= 0.6 is 16.5 Å². The molecule has 0 amide bonds. The fraction of sp³-hybridized carbons (Fsp3) is 0.600. The standard InChI is InChI=1S/C10H20P2/c1-3-5-7-9-11-12-10-8-6-4-2/h7-12H,3-6H2,1-2H3/b9-7+,10-8+. The van der Waals surface area contributed by atoms with Crippen molar-refractivity contribution in [3.63, 3.8) is 0 Å². The van der Waals surface area contributed by atoms with Crippen LogP contribution in [0.15, 0.2) is 23.8 Å². The number of unbranched alkanes of at least 4 members (excludes halogenated alkanes) is 2. The topological polar surface area (TPSA) is 0 Å². The van der Waals surface area contributed by atoms with Gasteiger partial charge in [-0.1, -0.05) is 67.0 Å². The van der Waals surface area contributed by atoms with Gasteiger partial charge in [-0.2, -0.15) is 0 Å². The van der Waals surface area contributed by atoms with E-state index in [1.807, 2.05) is 0 Å². The lowest BCUT2D eigenvalue weighted by molar-refractivity contribution is 0.960. The Kier molecular flexibility index (Phi) is 11.7. The minimum atomic E-state index is 1.01. The SMILES string of the molecule is CCC/C=C/PP/C=C/CCC. The molecule has 0 heterocycles. The summed E-state index contributed by atoms with van der Waals surface area (Å²) in [4.78, 5) is 0. The summed E-state index contributed by atoms with van der Waals surface area (Å²) in [6, 6.07) is 0. The van der Waals surface area contributed by atoms with Gasteiger partial charge in [0.25, 0.3) is 0 Å². The van der Waals surface area contributed by atoms with Crippen molar-refractivity contribution < 1.29 is 0 Å². The van der Waals surface area contributed by atoms with E-state index < -0.39 is 0 Å². The van der Waals surface area contributed by atoms with Gasteiger partial charge in [0.2, 0.25) is 0 Å². The molecule has 0 aliphatic carbocycles. The smallest absolute Gasteiger partial charge is 0.0350 e. The van der Waals surface area contributed by atoms with Crippen molar-refractivity contribution in [1.82, 2.24) is 0 Å². The Balaban J connectivity index is 3.09. The molecule has 0 nitrogen and oxygen atoms in total. The van der Waals surface area contributed by atoms with Crippen molar-refractivity contribution in [3.05, 3.63) is 23.8 Å². The Morgan fingerprint density at radius 3 is 1.58 bits per heavy atom. The van der Waals surface area contributed by atoms with Crippen LogP contribution < -0.4 is 0 Å². The van der Waals surface area contributed by atoms with Crippen LogP contribution in [0.1, 0.15) is 39.5 Å². The molecule has 0 bridgehead atoms. The molecule has 0 aliphatic rings. The number of hydrogen-bond acceptors (Lipinski definition) is 0. The van der Waals surface area contributed by atoms with Crippen LogP contribution in [0.4, 0.5) is 0 Å². The molecule has 0 saturated heterocycles. The van der Waals surface area contributed by atoms with Crippen molar-refractivity contribution in [2.75, 3.05) is 0 Å². The van der Waals surface area contributed by atoms with Crippen molar-refractivity contribution in [2.45, 2.75) is 39.5 Å². The predicted octanol–water partition coefficient (Wildman–Crippen LogP) is 4.89. The van der Waals surface area contributed by atoms with E-state index in [1.165, 1.54) is 25.7 Å². The highest BCUT2D eigenvalue weighted by Crippen LogP contribution is 2.39. The molecule has 0 N–H and O–H groups in total. The lowest BCUT2D eigenvalue weighted by Crippen LogP contribution is -1.56. The number of hydrogen-bond donors (Lipinski definition) is 0. The van der Waals surface area contributed by atoms with Crippen molar-refractivity contribution in [3.8, 4) is 0 Å². The third-order valence-corrected chi connectivity index (χ3v) is 3.87. The van der Waals surface area contributed by atoms with E-state index >= 15 is 0 Å². The van der Waals surface area contributed by atoms with E-state index in [-0.39, 0.29) is 0 Å². The molecule has 2 atom stereocenters. The highest BCUT2D eigenvalue weighted by Gasteiger charge is 1.76. The normalized spacial score (nSPS) is 13.8. The monoisotopic (exact) mass is 202 g/mol. The van der Waals surface area contributed by atoms with Crippen LogP contribution in [-0.2, 0) is 0 Å². The summed E-state index contributed by atoms with van der Waals surface area (Å²) in [6.07, 6.45) is 9.65. The maximum Gasteiger partial charge on any atom is -0.0350 e. The van der Waals surface area contributed by atoms with Crippen molar-refractivity contribution >= 4 is 16.5 Å². The highest BCUT2D eigenvalue weighted by atomic mass is 32.0. The summed E-state index contributed by atoms with van der Waals surface area (Å²) in [7, 11) is 2.03. The lowest BCUT2D eigenvalue weighted by Gasteiger charge is -1.88. The molecule has 0 aromatic rings. The molecular formula is C10H20P2. The summed E-state index contributed by atoms with van der Waals surface area (Å²) in [5.41, 5.74) is 0. The Labute approximate surface area is 80.4 Å². The van der Waals surface area contributed by atoms with Crippen LogP contribution in [-0.4, -0.2) is 0 Å². The minimum Gasteiger partial charge on any atom is -0.0840 e. The largest absolute Gasteiger partial charge is 0.0840 e. The molecular weight excluding hydrogens is 182 g/mol. The van der Waals surface area contributed by atoms with E-state index in [4.69, 9.17) is 0 Å². The molecule has 0 spiro atoms. The molecule has 2 heteroatoms. The van der Waals surface area contributed by atoms with Gasteiger partial charge in [-0.3, -0.25) is 0 Å². The first kappa shape index (κ1) is 12.3. The minimum absolute atomic E-state index is 1.01. The van der Waals surface area contributed by atoms with E-state index in [9.17, 15) is 0 Å². The zero-order valence-electron chi connectivity index (χ0n) is 8.14. The summed E-state index contributed by atoms with van der Waals surface area (Å²) in [5.74, 6) is 4.66. The van der Waals surface area contributed by atoms with Crippen LogP contribution in [0.3, 0.4) is 0 Å². The average molecular weight is 202 g/mol. The van der Waals surface area contributed by atoms with Gasteiger partial charge in [-0.25, -0.2) is 0 Å². The summed E-state index contributed by atoms with van der Waals surface area (Å²) in [6.45, 7) is 4.44. The molecule has 0 fully saturated rings. The van der Waals surface area contributed by atoms with Gasteiger partial charge in [0, 0.05) is 0 Å². The molecule has 2 unspecified atom stereocenters. The third kappa shape index (κ3) is 10.3. The zero-order chi connectivity index (χ0) is 9.07. The Hall–Kier alpha value is 0.340. The molecule has 70 valence electrons. The van der Waals surface area contributed by atoms with Crippen LogP contribution in [0.5, 0.6) is 0 Å². The quantitative estimate of drug-likeness (QED) is 0.407. The average Bonchev–Trinajstić information content (AvgIpc) is 2.10. The van der Waals surface area contributed by atoms with Gasteiger partial charge in [-0.15, -0.1) is 0 Å². The van der Waals surface area contributed by atoms with Gasteiger partial charge in [-0.05, 0) is 12.8 Å². The number of rotatable bonds is 7. The fourth-order valence-corrected chi connectivity index (χ4v) is 2.76. The maximum atomic E-state index is 2.33. The fourth-order valence-electron chi connectivity index (χ4n) is 0.714. The molecule has 0 aromatic carbocycles. The maximum absolute atomic E-state index is 2.33. The van der Waals surface area contributed by atoms with E-state index in [0.29, 0.717) is 0 Å². The van der Waals surface area contributed by atoms with Gasteiger partial charge in [0.15, 0.2) is 0 Å². The zero-order valence-corrected chi connectivity index (χ0v) is 10.1. The predicted molar refractivity (Wildman–Crippen MR) is 64.7 cm³/mol. The highest BCUT2D eigenvalue weighted by molar-refractivity contribution is 8.14. The van der Waals surface area contributed by atoms with E-state index in [0.717, 1.165) is 16.5 Å². The number of allylic oxidation sites excluding steroid dienone is 2. The van der Waals surface area contributed by atoms with E-state index in [2.05, 4.69) is 37.6 Å². The van der Waals surface area contributed by atoms with Crippen LogP contribution in [0.25, 0.3) is 0 Å². The molecule has 0 aromatic heterocycles. The van der Waals surface area contributed by atoms with Crippen LogP contribution in [0.2, 0.25) is 0 Å². The molecule has 0 saturated carbocycles. The van der Waals surface area contributed by atoms with Gasteiger partial charge in [0.1, 0.15) is 0 Å². The first-order valence-electron chi connectivity index (χ1n) is 4.72. The second-order valence-electron chi connectivity index (χ2n) is 2.67. The molecule has 0 rings (SSSR count). The summed E-state index contributed by atoms with van der Waals surface area (Å²) in [5, 5.41) is 0. The first-order chi connectivity index (χ1) is 5.91. The Morgan fingerprint density at radius 2 is 1.25 bits per heavy atom. The molecule has 0 aliphatic heterocycles. The first-order valence-corrected chi connectivity index (χ1v) is 7.88. The Morgan fingerprint density at radius 1 is 0.833 bits per heavy atom. The van der Waals surface area contributed by atoms with Crippen LogP contribution in [0, 0.1) is 0 Å².